The molecule has 2 amide bonds. The molecule has 0 radical (unpaired) electrons. The number of piperidine rings is 1. The second-order valence-electron chi connectivity index (χ2n) is 35.3. The van der Waals surface area contributed by atoms with Crippen molar-refractivity contribution in [3.05, 3.63) is 125 Å². The predicted octanol–water partition coefficient (Wildman–Crippen LogP) is 11.2. The van der Waals surface area contributed by atoms with Crippen LogP contribution in [0.25, 0.3) is 38.8 Å². The molecule has 724 valence electrons. The van der Waals surface area contributed by atoms with Gasteiger partial charge in [0.25, 0.3) is 11.7 Å². The fourth-order valence-electron chi connectivity index (χ4n) is 18.0. The van der Waals surface area contributed by atoms with Crippen LogP contribution in [0.3, 0.4) is 0 Å². The molecule has 4 N–H and O–H groups in total. The van der Waals surface area contributed by atoms with Crippen LogP contribution in [-0.4, -0.2) is 292 Å². The average molecular weight is 1840 g/mol. The fraction of sp³-hybridized carbons (Fsp3) is 0.639. The van der Waals surface area contributed by atoms with E-state index in [2.05, 4.69) is 15.1 Å². The van der Waals surface area contributed by atoms with Gasteiger partial charge in [-0.2, -0.15) is 13.2 Å². The van der Waals surface area contributed by atoms with Crippen LogP contribution in [0, 0.1) is 35.5 Å². The largest absolute Gasteiger partial charge is 0.481 e. The Balaban J connectivity index is 0.620. The van der Waals surface area contributed by atoms with Crippen molar-refractivity contribution >= 4 is 62.7 Å². The number of anilines is 1. The highest BCUT2D eigenvalue weighted by Gasteiger charge is 2.53. The molecule has 131 heavy (non-hydrogen) atoms. The van der Waals surface area contributed by atoms with Gasteiger partial charge < -0.3 is 96.8 Å². The molecule has 0 spiro atoms. The topological polar surface area (TPSA) is 361 Å². The summed E-state index contributed by atoms with van der Waals surface area (Å²) in [6.07, 6.45) is 9.20. The summed E-state index contributed by atoms with van der Waals surface area (Å²) in [6.45, 7) is 17.0. The first-order valence-corrected chi connectivity index (χ1v) is 46.1. The van der Waals surface area contributed by atoms with Gasteiger partial charge in [-0.3, -0.25) is 33.3 Å². The van der Waals surface area contributed by atoms with Crippen molar-refractivity contribution < 1.29 is 119 Å². The number of hydrogen-bond donors (Lipinski definition) is 4. The van der Waals surface area contributed by atoms with E-state index in [0.29, 0.717) is 163 Å². The number of oxime groups is 1. The number of Topliss-reactive ketones (excluding diaryl/α,β-unsaturated/α-hetero) is 2. The fourth-order valence-corrected chi connectivity index (χ4v) is 18.0. The summed E-state index contributed by atoms with van der Waals surface area (Å²) in [5, 5.41) is 52.4. The lowest BCUT2D eigenvalue weighted by Gasteiger charge is -2.43. The maximum absolute atomic E-state index is 15.1. The number of aliphatic hydroxyl groups is 4. The van der Waals surface area contributed by atoms with Crippen LogP contribution < -0.4 is 15.3 Å². The number of rotatable bonds is 35. The molecule has 3 aromatic heterocycles. The maximum Gasteiger partial charge on any atom is 0.418 e. The second kappa shape index (κ2) is 51.1. The first-order valence-electron chi connectivity index (χ1n) is 46.1. The SMILES string of the molecule is COc1ccc(-c2ccc3ncc4c(c3c2)n(-c2ccc(N3CCN(C(=O)CCOCCOCCOCCOCCOCCOCCCC(=O)CON=C5[C@H](C)C[C@H](C)/C=C/C=C/C=C(\C)[C@@H](OC)C[C@@H]6CC[C@@H](C)[C@@](O)(O6)C(=O)C(=O)N6CCCC[C@H]6C(=O)O[C@H]([C@H](C)C[C@@H]6CC[C@@H](O)[C@H](OC)C6)C[C@@H](O)[C@H](C)/C=C(\C)[C@@H](O)[C@H]5OC)CC3)c(C(F)(F)F)c2)c(=O)n4C)cn1. The predicted molar refractivity (Wildman–Crippen MR) is 486 cm³/mol. The Morgan fingerprint density at radius 1 is 0.687 bits per heavy atom. The summed E-state index contributed by atoms with van der Waals surface area (Å²) >= 11 is 0. The summed E-state index contributed by atoms with van der Waals surface area (Å²) in [6, 6.07) is 11.8. The number of methoxy groups -OCH3 is 4. The molecule has 10 rings (SSSR count). The van der Waals surface area contributed by atoms with E-state index < -0.39 is 101 Å². The lowest BCUT2D eigenvalue weighted by atomic mass is 9.78. The smallest absolute Gasteiger partial charge is 0.418 e. The van der Waals surface area contributed by atoms with Crippen LogP contribution in [0.2, 0.25) is 0 Å². The van der Waals surface area contributed by atoms with E-state index in [4.69, 9.17) is 61.7 Å². The van der Waals surface area contributed by atoms with Crippen LogP contribution >= 0.6 is 0 Å². The number of ether oxygens (including phenoxy) is 12. The van der Waals surface area contributed by atoms with Crippen molar-refractivity contribution in [2.75, 3.05) is 152 Å². The van der Waals surface area contributed by atoms with Crippen molar-refractivity contribution in [3.8, 4) is 22.7 Å². The number of carbonyl (C=O) groups is 5. The molecule has 4 fully saturated rings. The molecule has 1 aliphatic carbocycles. The van der Waals surface area contributed by atoms with Gasteiger partial charge in [-0.25, -0.2) is 14.6 Å². The number of alkyl halides is 3. The number of aromatic nitrogens is 4. The number of hydrogen-bond acceptors (Lipinski definition) is 27. The van der Waals surface area contributed by atoms with Crippen molar-refractivity contribution in [2.45, 2.75) is 212 Å². The standard InChI is InChI=1S/C97H137F3N8O23/c1-62-19-14-13-15-20-63(2)83(119-9)57-74-28-23-68(7)96(118,131-74)92(114)93(115)107-34-17-16-22-79(107)94(116)130-84(65(4)53-69-24-31-81(110)85(54-69)120-10)58-82(111)64(3)52-67(6)90(113)91(122-12)88(66(5)51-62)103-129-61-73(109)21-18-39-123-41-43-125-45-47-127-49-50-128-48-46-126-44-42-124-40-33-87(112)106-37-35-105(36-38-106)78-30-27-72(56-76(78)97(98,99)100)108-89-75-55-70(71-26-32-86(121-11)102-59-71)25-29-77(75)101-60-80(89)104(8)95(108)117/h13-15,19-20,25-27,29-30,32,52,55-56,59-60,62,64-66,68-69,74,79,81-85,90-91,110-111,113,118H,16-18,21-24,28,31,33-51,53-54,57-58,61H2,1-12H3/b15-13+,19-14+,63-20+,67-52+,103-88?/t62-,64-,65-,66-,68-,69+,74+,79+,81-,82-,83+,84+,85-,90-,91+,96-/m1/s1. The number of piperazine rings is 1. The van der Waals surface area contributed by atoms with Gasteiger partial charge in [0.1, 0.15) is 24.4 Å². The summed E-state index contributed by atoms with van der Waals surface area (Å²) in [5.74, 6) is -7.39. The molecule has 5 aromatic rings. The molecule has 2 bridgehead atoms. The molecular formula is C97H137F3N8O23. The number of aryl methyl sites for hydroxylation is 1. The quantitative estimate of drug-likeness (QED) is 0.00962. The number of pyridine rings is 2. The van der Waals surface area contributed by atoms with Crippen molar-refractivity contribution in [3.63, 3.8) is 0 Å². The Hall–Kier alpha value is -8.72. The van der Waals surface area contributed by atoms with Gasteiger partial charge in [0.05, 0.1) is 156 Å². The molecule has 31 nitrogen and oxygen atoms in total. The maximum atomic E-state index is 15.1. The number of allylic oxidation sites excluding steroid dienone is 5. The van der Waals surface area contributed by atoms with E-state index in [9.17, 15) is 49.2 Å². The number of fused-ring (bicyclic) bond motifs is 6. The van der Waals surface area contributed by atoms with Crippen molar-refractivity contribution in [1.29, 1.82) is 0 Å². The van der Waals surface area contributed by atoms with Gasteiger partial charge in [0.2, 0.25) is 17.6 Å². The number of aliphatic hydroxyl groups excluding tert-OH is 3. The molecule has 2 aromatic carbocycles. The molecule has 3 saturated heterocycles. The normalized spacial score (nSPS) is 27.7. The van der Waals surface area contributed by atoms with E-state index in [1.807, 2.05) is 76.3 Å². The first-order chi connectivity index (χ1) is 62.9. The van der Waals surface area contributed by atoms with Crippen molar-refractivity contribution in [2.24, 2.45) is 47.7 Å². The van der Waals surface area contributed by atoms with Gasteiger partial charge in [0.15, 0.2) is 12.4 Å². The molecule has 16 atom stereocenters. The van der Waals surface area contributed by atoms with Crippen LogP contribution in [0.5, 0.6) is 5.88 Å². The first kappa shape index (κ1) is 104. The third-order valence-corrected chi connectivity index (χ3v) is 25.8. The van der Waals surface area contributed by atoms with Gasteiger partial charge in [-0.1, -0.05) is 82.3 Å². The molecule has 0 unspecified atom stereocenters. The second-order valence-corrected chi connectivity index (χ2v) is 35.3. The Labute approximate surface area is 765 Å². The van der Waals surface area contributed by atoms with Gasteiger partial charge in [-0.15, -0.1) is 0 Å². The van der Waals surface area contributed by atoms with Crippen LogP contribution in [0.4, 0.5) is 18.9 Å². The zero-order valence-electron chi connectivity index (χ0n) is 78.0. The minimum Gasteiger partial charge on any atom is -0.481 e. The van der Waals surface area contributed by atoms with E-state index in [1.165, 1.54) is 46.6 Å². The van der Waals surface area contributed by atoms with Gasteiger partial charge in [0, 0.05) is 134 Å². The number of imidazole rings is 1. The monoisotopic (exact) mass is 1840 g/mol. The Bertz CT molecular complexity index is 4740. The third-order valence-electron chi connectivity index (χ3n) is 25.8. The lowest BCUT2D eigenvalue weighted by molar-refractivity contribution is -0.265. The van der Waals surface area contributed by atoms with E-state index in [-0.39, 0.29) is 144 Å². The summed E-state index contributed by atoms with van der Waals surface area (Å²) in [5.41, 5.74) is 3.11. The molecule has 7 heterocycles. The zero-order valence-corrected chi connectivity index (χ0v) is 78.0. The molecule has 1 saturated carbocycles. The minimum atomic E-state index is -4.77. The highest BCUT2D eigenvalue weighted by molar-refractivity contribution is 6.39. The summed E-state index contributed by atoms with van der Waals surface area (Å²) in [4.78, 5) is 103. The number of nitrogens with zero attached hydrogens (tertiary/aromatic N) is 8. The number of esters is 1. The molecule has 4 aliphatic heterocycles. The van der Waals surface area contributed by atoms with Crippen LogP contribution in [0.15, 0.2) is 118 Å². The molecule has 5 aliphatic rings. The van der Waals surface area contributed by atoms with E-state index in [0.717, 1.165) is 22.8 Å². The zero-order chi connectivity index (χ0) is 94.5. The number of carbonyl (C=O) groups excluding carboxylic acids is 5. The Morgan fingerprint density at radius 2 is 1.37 bits per heavy atom. The average Bonchev–Trinajstić information content (AvgIpc) is 1.59. The van der Waals surface area contributed by atoms with Crippen molar-refractivity contribution in [1.82, 2.24) is 28.9 Å². The number of amides is 2. The highest BCUT2D eigenvalue weighted by atomic mass is 19.4. The summed E-state index contributed by atoms with van der Waals surface area (Å²) in [7, 11) is 7.66. The van der Waals surface area contributed by atoms with Crippen LogP contribution in [0.1, 0.15) is 150 Å². The number of cyclic esters (lactones) is 1. The molecular weight excluding hydrogens is 1700 g/mol. The van der Waals surface area contributed by atoms with Crippen LogP contribution in [-0.2, 0) is 94.1 Å². The number of halogens is 3. The Kier molecular flexibility index (Phi) is 40.7. The van der Waals surface area contributed by atoms with Gasteiger partial charge >= 0.3 is 17.8 Å². The third kappa shape index (κ3) is 28.9. The lowest BCUT2D eigenvalue weighted by Crippen LogP contribution is -2.61. The Morgan fingerprint density at radius 3 is 2.02 bits per heavy atom. The molecule has 34 heteroatoms. The highest BCUT2D eigenvalue weighted by Crippen LogP contribution is 2.42. The van der Waals surface area contributed by atoms with E-state index >= 15 is 13.2 Å². The van der Waals surface area contributed by atoms with Gasteiger partial charge in [-0.05, 0) is 155 Å². The number of benzene rings is 2. The minimum absolute atomic E-state index is 0.0366. The summed E-state index contributed by atoms with van der Waals surface area (Å²) < 4.78 is 117. The van der Waals surface area contributed by atoms with E-state index in [1.54, 1.807) is 76.2 Å². The number of ketones is 2.